The van der Waals surface area contributed by atoms with Crippen molar-refractivity contribution in [3.63, 3.8) is 0 Å². The molecule has 2 aromatic carbocycles. The first-order valence-corrected chi connectivity index (χ1v) is 13.0. The molecule has 0 N–H and O–H groups in total. The van der Waals surface area contributed by atoms with Crippen LogP contribution in [0.1, 0.15) is 37.4 Å². The van der Waals surface area contributed by atoms with Gasteiger partial charge < -0.3 is 18.8 Å². The summed E-state index contributed by atoms with van der Waals surface area (Å²) in [7, 11) is 6.59. The number of thiazole rings is 1. The molecule has 9 heteroatoms. The number of rotatable bonds is 7. The second-order valence-electron chi connectivity index (χ2n) is 9.03. The van der Waals surface area contributed by atoms with Crippen LogP contribution in [0.4, 0.5) is 0 Å². The number of Topliss-reactive ketones (excluding diaryl/α,β-unsaturated/α-hetero) is 1. The predicted octanol–water partition coefficient (Wildman–Crippen LogP) is 3.73. The molecule has 8 nitrogen and oxygen atoms in total. The van der Waals surface area contributed by atoms with Crippen molar-refractivity contribution < 1.29 is 19.0 Å². The van der Waals surface area contributed by atoms with Gasteiger partial charge in [-0.05, 0) is 36.8 Å². The van der Waals surface area contributed by atoms with Crippen molar-refractivity contribution in [3.05, 3.63) is 84.7 Å². The van der Waals surface area contributed by atoms with Gasteiger partial charge in [-0.15, -0.1) is 0 Å². The minimum absolute atomic E-state index is 0.0756. The zero-order chi connectivity index (χ0) is 27.1. The Balaban J connectivity index is 1.79. The summed E-state index contributed by atoms with van der Waals surface area (Å²) in [5.74, 6) is 1.25. The number of hydrogen-bond acceptors (Lipinski definition) is 7. The van der Waals surface area contributed by atoms with Crippen LogP contribution >= 0.6 is 11.3 Å². The summed E-state index contributed by atoms with van der Waals surface area (Å²) in [5.41, 5.74) is 3.55. The van der Waals surface area contributed by atoms with E-state index in [1.54, 1.807) is 23.6 Å². The molecule has 0 fully saturated rings. The lowest BCUT2D eigenvalue weighted by atomic mass is 9.91. The van der Waals surface area contributed by atoms with Crippen molar-refractivity contribution in [1.82, 2.24) is 9.13 Å². The number of fused-ring (bicyclic) bond motifs is 2. The predicted molar refractivity (Wildman–Crippen MR) is 148 cm³/mol. The molecule has 4 aromatic rings. The first kappa shape index (κ1) is 25.5. The Labute approximate surface area is 223 Å². The summed E-state index contributed by atoms with van der Waals surface area (Å²) in [6, 6.07) is 10.9. The van der Waals surface area contributed by atoms with Crippen LogP contribution in [-0.4, -0.2) is 36.2 Å². The Morgan fingerprint density at radius 3 is 2.42 bits per heavy atom. The molecule has 1 aliphatic rings. The SMILES string of the molecule is CCC(=O)C1=C(C)N=c2s/c(=C\c3cn(C)c4ccccc34)c(=O)n2[C@H]1c1cc(OC)c(OC)c(OC)c1. The molecule has 0 amide bonds. The highest BCUT2D eigenvalue weighted by molar-refractivity contribution is 7.07. The highest BCUT2D eigenvalue weighted by atomic mass is 32.1. The molecule has 0 saturated carbocycles. The molecule has 0 bridgehead atoms. The lowest BCUT2D eigenvalue weighted by Crippen LogP contribution is -2.39. The zero-order valence-corrected chi connectivity index (χ0v) is 23.0. The van der Waals surface area contributed by atoms with Crippen molar-refractivity contribution in [3.8, 4) is 17.2 Å². The largest absolute Gasteiger partial charge is 0.493 e. The van der Waals surface area contributed by atoms with Crippen molar-refractivity contribution in [2.75, 3.05) is 21.3 Å². The summed E-state index contributed by atoms with van der Waals surface area (Å²) in [4.78, 5) is 32.5. The normalized spacial score (nSPS) is 15.4. The number of allylic oxidation sites excluding steroid dienone is 2. The first-order valence-electron chi connectivity index (χ1n) is 12.2. The molecule has 5 rings (SSSR count). The third-order valence-electron chi connectivity index (χ3n) is 6.86. The number of para-hydroxylation sites is 1. The van der Waals surface area contributed by atoms with Gasteiger partial charge in [-0.25, -0.2) is 4.99 Å². The zero-order valence-electron chi connectivity index (χ0n) is 22.2. The average molecular weight is 532 g/mol. The number of benzene rings is 2. The van der Waals surface area contributed by atoms with E-state index in [0.29, 0.717) is 43.4 Å². The minimum atomic E-state index is -0.693. The molecule has 1 aliphatic heterocycles. The number of nitrogens with zero attached hydrogens (tertiary/aromatic N) is 3. The Morgan fingerprint density at radius 1 is 1.11 bits per heavy atom. The molecule has 196 valence electrons. The van der Waals surface area contributed by atoms with Crippen molar-refractivity contribution in [2.24, 2.45) is 12.0 Å². The third-order valence-corrected chi connectivity index (χ3v) is 7.84. The second kappa shape index (κ2) is 9.98. The number of ketones is 1. The summed E-state index contributed by atoms with van der Waals surface area (Å²) < 4.78 is 20.8. The topological polar surface area (TPSA) is 84.1 Å². The molecule has 0 radical (unpaired) electrons. The van der Waals surface area contributed by atoms with E-state index >= 15 is 0 Å². The summed E-state index contributed by atoms with van der Waals surface area (Å²) in [6.45, 7) is 3.62. The van der Waals surface area contributed by atoms with Crippen LogP contribution in [0.2, 0.25) is 0 Å². The quantitative estimate of drug-likeness (QED) is 0.363. The lowest BCUT2D eigenvalue weighted by Gasteiger charge is -2.26. The van der Waals surface area contributed by atoms with Crippen LogP contribution in [0.15, 0.2) is 63.7 Å². The van der Waals surface area contributed by atoms with Crippen molar-refractivity contribution in [2.45, 2.75) is 26.3 Å². The molecule has 0 saturated heterocycles. The van der Waals surface area contributed by atoms with Crippen LogP contribution in [0.5, 0.6) is 17.2 Å². The third kappa shape index (κ3) is 4.03. The number of methoxy groups -OCH3 is 3. The molecule has 2 aromatic heterocycles. The standard InChI is InChI=1S/C29H29N3O5S/c1-7-21(33)25-16(2)30-29-32(26(25)17-12-22(35-4)27(37-6)23(13-17)36-5)28(34)24(38-29)14-18-15-31(3)20-11-9-8-10-19(18)20/h8-15,26H,7H2,1-6H3/b24-14-/t26-/m0/s1. The molecule has 0 unspecified atom stereocenters. The Hall–Kier alpha value is -4.11. The summed E-state index contributed by atoms with van der Waals surface area (Å²) >= 11 is 1.31. The number of aryl methyl sites for hydroxylation is 1. The van der Waals surface area contributed by atoms with Gasteiger partial charge in [0.25, 0.3) is 5.56 Å². The number of hydrogen-bond donors (Lipinski definition) is 0. The average Bonchev–Trinajstić information content (AvgIpc) is 3.41. The van der Waals surface area contributed by atoms with Gasteiger partial charge in [-0.2, -0.15) is 0 Å². The maximum absolute atomic E-state index is 14.0. The fraction of sp³-hybridized carbons (Fsp3) is 0.276. The van der Waals surface area contributed by atoms with Crippen LogP contribution < -0.4 is 29.1 Å². The maximum Gasteiger partial charge on any atom is 0.271 e. The number of carbonyl (C=O) groups is 1. The van der Waals surface area contributed by atoms with E-state index in [1.807, 2.05) is 55.1 Å². The lowest BCUT2D eigenvalue weighted by molar-refractivity contribution is -0.115. The Bertz CT molecular complexity index is 1770. The molecule has 0 aliphatic carbocycles. The van der Waals surface area contributed by atoms with E-state index in [0.717, 1.165) is 16.5 Å². The molecule has 38 heavy (non-hydrogen) atoms. The van der Waals surface area contributed by atoms with Crippen molar-refractivity contribution in [1.29, 1.82) is 0 Å². The Morgan fingerprint density at radius 2 is 1.79 bits per heavy atom. The highest BCUT2D eigenvalue weighted by Crippen LogP contribution is 2.42. The number of carbonyl (C=O) groups excluding carboxylic acids is 1. The summed E-state index contributed by atoms with van der Waals surface area (Å²) in [6.07, 6.45) is 4.20. The second-order valence-corrected chi connectivity index (χ2v) is 10.0. The van der Waals surface area contributed by atoms with E-state index in [-0.39, 0.29) is 17.8 Å². The van der Waals surface area contributed by atoms with E-state index in [1.165, 1.54) is 32.7 Å². The maximum atomic E-state index is 14.0. The fourth-order valence-electron chi connectivity index (χ4n) is 5.07. The van der Waals surface area contributed by atoms with E-state index in [9.17, 15) is 9.59 Å². The number of ether oxygens (including phenoxy) is 3. The van der Waals surface area contributed by atoms with Gasteiger partial charge in [0.05, 0.1) is 31.9 Å². The van der Waals surface area contributed by atoms with Gasteiger partial charge in [-0.1, -0.05) is 36.5 Å². The van der Waals surface area contributed by atoms with Gasteiger partial charge >= 0.3 is 0 Å². The van der Waals surface area contributed by atoms with Crippen LogP contribution in [0.3, 0.4) is 0 Å². The van der Waals surface area contributed by atoms with E-state index < -0.39 is 6.04 Å². The summed E-state index contributed by atoms with van der Waals surface area (Å²) in [5, 5.41) is 1.06. The number of aromatic nitrogens is 2. The van der Waals surface area contributed by atoms with Crippen LogP contribution in [0, 0.1) is 0 Å². The van der Waals surface area contributed by atoms with Gasteiger partial charge in [0, 0.05) is 47.4 Å². The van der Waals surface area contributed by atoms with E-state index in [4.69, 9.17) is 19.2 Å². The van der Waals surface area contributed by atoms with Gasteiger partial charge in [0.15, 0.2) is 22.1 Å². The highest BCUT2D eigenvalue weighted by Gasteiger charge is 2.33. The minimum Gasteiger partial charge on any atom is -0.493 e. The van der Waals surface area contributed by atoms with Gasteiger partial charge in [0.1, 0.15) is 0 Å². The fourth-order valence-corrected chi connectivity index (χ4v) is 6.11. The smallest absolute Gasteiger partial charge is 0.271 e. The molecule has 3 heterocycles. The van der Waals surface area contributed by atoms with Gasteiger partial charge in [-0.3, -0.25) is 14.2 Å². The molecular weight excluding hydrogens is 502 g/mol. The van der Waals surface area contributed by atoms with Gasteiger partial charge in [0.2, 0.25) is 5.75 Å². The monoisotopic (exact) mass is 531 g/mol. The molecule has 0 spiro atoms. The molecule has 1 atom stereocenters. The van der Waals surface area contributed by atoms with Crippen molar-refractivity contribution >= 4 is 34.1 Å². The molecular formula is C29H29N3O5S. The van der Waals surface area contributed by atoms with E-state index in [2.05, 4.69) is 0 Å². The van der Waals surface area contributed by atoms with Crippen LogP contribution in [0.25, 0.3) is 17.0 Å². The Kier molecular flexibility index (Phi) is 6.71. The van der Waals surface area contributed by atoms with Crippen LogP contribution in [-0.2, 0) is 11.8 Å². The first-order chi connectivity index (χ1) is 18.3.